The third-order valence-electron chi connectivity index (χ3n) is 4.47. The van der Waals surface area contributed by atoms with Gasteiger partial charge in [0, 0.05) is 32.7 Å². The number of carbonyl (C=O) groups is 1. The summed E-state index contributed by atoms with van der Waals surface area (Å²) in [6, 6.07) is 12.5. The van der Waals surface area contributed by atoms with Crippen LogP contribution in [0.15, 0.2) is 51.2 Å². The lowest BCUT2D eigenvalue weighted by molar-refractivity contribution is 0.0939. The second kappa shape index (κ2) is 7.44. The van der Waals surface area contributed by atoms with Crippen LogP contribution >= 0.6 is 11.8 Å². The minimum atomic E-state index is -0.0343. The first-order valence-electron chi connectivity index (χ1n) is 8.83. The summed E-state index contributed by atoms with van der Waals surface area (Å²) in [4.78, 5) is 19.6. The van der Waals surface area contributed by atoms with E-state index in [0.29, 0.717) is 5.56 Å². The first kappa shape index (κ1) is 17.7. The van der Waals surface area contributed by atoms with Gasteiger partial charge in [-0.25, -0.2) is 0 Å². The minimum Gasteiger partial charge on any atom is -0.350 e. The Balaban J connectivity index is 2.01. The van der Waals surface area contributed by atoms with Gasteiger partial charge in [0.1, 0.15) is 0 Å². The molecule has 0 saturated heterocycles. The molecule has 4 heteroatoms. The van der Waals surface area contributed by atoms with Crippen molar-refractivity contribution in [3.8, 4) is 0 Å². The Hall–Kier alpha value is -2.07. The highest BCUT2D eigenvalue weighted by Crippen LogP contribution is 2.41. The molecular formula is C21H24N2OS. The van der Waals surface area contributed by atoms with E-state index < -0.39 is 0 Å². The van der Waals surface area contributed by atoms with Gasteiger partial charge in [-0.1, -0.05) is 37.2 Å². The lowest BCUT2D eigenvalue weighted by atomic mass is 10.0. The molecule has 3 nitrogen and oxygen atoms in total. The number of rotatable bonds is 4. The van der Waals surface area contributed by atoms with Gasteiger partial charge >= 0.3 is 0 Å². The van der Waals surface area contributed by atoms with Crippen molar-refractivity contribution in [1.82, 2.24) is 5.32 Å². The second-order valence-electron chi connectivity index (χ2n) is 6.48. The molecule has 0 aromatic heterocycles. The third kappa shape index (κ3) is 3.79. The number of hydrogen-bond acceptors (Lipinski definition) is 3. The van der Waals surface area contributed by atoms with Gasteiger partial charge < -0.3 is 5.32 Å². The van der Waals surface area contributed by atoms with Crippen LogP contribution in [-0.4, -0.2) is 17.7 Å². The Morgan fingerprint density at radius 3 is 2.64 bits per heavy atom. The van der Waals surface area contributed by atoms with Gasteiger partial charge in [0.25, 0.3) is 5.91 Å². The SMILES string of the molecule is CCC1=Nc2cc(C(=O)N[C@@H](C)CC)ccc2Sc2ccc(C)cc21. The quantitative estimate of drug-likeness (QED) is 0.787. The van der Waals surface area contributed by atoms with Crippen molar-refractivity contribution in [2.45, 2.75) is 56.4 Å². The van der Waals surface area contributed by atoms with E-state index in [0.717, 1.165) is 29.1 Å². The minimum absolute atomic E-state index is 0.0343. The Morgan fingerprint density at radius 2 is 1.92 bits per heavy atom. The van der Waals surface area contributed by atoms with Gasteiger partial charge in [0.2, 0.25) is 0 Å². The molecular weight excluding hydrogens is 328 g/mol. The molecule has 2 aromatic carbocycles. The summed E-state index contributed by atoms with van der Waals surface area (Å²) in [5.74, 6) is -0.0343. The number of hydrogen-bond donors (Lipinski definition) is 1. The molecule has 1 aliphatic heterocycles. The predicted molar refractivity (Wildman–Crippen MR) is 105 cm³/mol. The molecule has 25 heavy (non-hydrogen) atoms. The van der Waals surface area contributed by atoms with Gasteiger partial charge in [-0.15, -0.1) is 0 Å². The van der Waals surface area contributed by atoms with Gasteiger partial charge in [-0.3, -0.25) is 9.79 Å². The number of amides is 1. The maximum atomic E-state index is 12.4. The van der Waals surface area contributed by atoms with Gasteiger partial charge in [0.15, 0.2) is 0 Å². The average molecular weight is 353 g/mol. The van der Waals surface area contributed by atoms with E-state index in [2.05, 4.69) is 44.3 Å². The van der Waals surface area contributed by atoms with Gasteiger partial charge in [0.05, 0.1) is 5.69 Å². The summed E-state index contributed by atoms with van der Waals surface area (Å²) < 4.78 is 0. The van der Waals surface area contributed by atoms with Crippen molar-refractivity contribution >= 4 is 29.1 Å². The summed E-state index contributed by atoms with van der Waals surface area (Å²) in [5.41, 5.74) is 5.06. The first-order valence-corrected chi connectivity index (χ1v) is 9.64. The standard InChI is InChI=1S/C21H24N2OS/c1-5-14(4)22-21(24)15-8-10-20-18(12-15)23-17(6-2)16-11-13(3)7-9-19(16)25-20/h7-12,14H,5-6H2,1-4H3,(H,22,24)/t14-/m0/s1. The molecule has 0 unspecified atom stereocenters. The second-order valence-corrected chi connectivity index (χ2v) is 7.56. The molecule has 1 N–H and O–H groups in total. The van der Waals surface area contributed by atoms with Crippen molar-refractivity contribution in [2.75, 3.05) is 0 Å². The molecule has 1 heterocycles. The lowest BCUT2D eigenvalue weighted by Gasteiger charge is -2.12. The Bertz CT molecular complexity index is 842. The van der Waals surface area contributed by atoms with Crippen molar-refractivity contribution in [2.24, 2.45) is 4.99 Å². The maximum Gasteiger partial charge on any atom is 0.251 e. The average Bonchev–Trinajstić information content (AvgIpc) is 2.76. The van der Waals surface area contributed by atoms with E-state index in [1.54, 1.807) is 11.8 Å². The summed E-state index contributed by atoms with van der Waals surface area (Å²) in [7, 11) is 0. The summed E-state index contributed by atoms with van der Waals surface area (Å²) >= 11 is 1.72. The normalized spacial score (nSPS) is 14.0. The molecule has 2 aromatic rings. The van der Waals surface area contributed by atoms with E-state index in [9.17, 15) is 4.79 Å². The summed E-state index contributed by atoms with van der Waals surface area (Å²) in [6.45, 7) is 8.31. The van der Waals surface area contributed by atoms with Gasteiger partial charge in [-0.2, -0.15) is 0 Å². The zero-order valence-corrected chi connectivity index (χ0v) is 16.0. The highest BCUT2D eigenvalue weighted by Gasteiger charge is 2.18. The maximum absolute atomic E-state index is 12.4. The molecule has 1 aliphatic rings. The first-order chi connectivity index (χ1) is 12.0. The summed E-state index contributed by atoms with van der Waals surface area (Å²) in [6.07, 6.45) is 1.78. The summed E-state index contributed by atoms with van der Waals surface area (Å²) in [5, 5.41) is 3.02. The van der Waals surface area contributed by atoms with Gasteiger partial charge in [-0.05, 0) is 57.0 Å². The number of nitrogens with zero attached hydrogens (tertiary/aromatic N) is 1. The molecule has 3 rings (SSSR count). The predicted octanol–water partition coefficient (Wildman–Crippen LogP) is 5.52. The van der Waals surface area contributed by atoms with E-state index in [1.165, 1.54) is 16.0 Å². The van der Waals surface area contributed by atoms with Crippen LogP contribution in [0.4, 0.5) is 5.69 Å². The third-order valence-corrected chi connectivity index (χ3v) is 5.61. The highest BCUT2D eigenvalue weighted by atomic mass is 32.2. The number of carbonyl (C=O) groups excluding carboxylic acids is 1. The fourth-order valence-electron chi connectivity index (χ4n) is 2.79. The van der Waals surface area contributed by atoms with E-state index >= 15 is 0 Å². The molecule has 1 amide bonds. The molecule has 0 aliphatic carbocycles. The Kier molecular flexibility index (Phi) is 5.28. The Morgan fingerprint density at radius 1 is 1.16 bits per heavy atom. The van der Waals surface area contributed by atoms with Crippen LogP contribution < -0.4 is 5.32 Å². The molecule has 0 spiro atoms. The topological polar surface area (TPSA) is 41.5 Å². The van der Waals surface area contributed by atoms with Crippen molar-refractivity contribution in [1.29, 1.82) is 0 Å². The van der Waals surface area contributed by atoms with Crippen LogP contribution in [0, 0.1) is 6.92 Å². The van der Waals surface area contributed by atoms with Crippen molar-refractivity contribution in [3.63, 3.8) is 0 Å². The number of benzene rings is 2. The zero-order valence-electron chi connectivity index (χ0n) is 15.2. The number of fused-ring (bicyclic) bond motifs is 2. The largest absolute Gasteiger partial charge is 0.350 e. The van der Waals surface area contributed by atoms with Crippen LogP contribution in [-0.2, 0) is 0 Å². The molecule has 130 valence electrons. The highest BCUT2D eigenvalue weighted by molar-refractivity contribution is 7.99. The van der Waals surface area contributed by atoms with Crippen LogP contribution in [0.1, 0.15) is 55.1 Å². The van der Waals surface area contributed by atoms with Crippen LogP contribution in [0.3, 0.4) is 0 Å². The van der Waals surface area contributed by atoms with Crippen LogP contribution in [0.2, 0.25) is 0 Å². The number of aryl methyl sites for hydroxylation is 1. The molecule has 0 bridgehead atoms. The molecule has 0 fully saturated rings. The van der Waals surface area contributed by atoms with E-state index in [4.69, 9.17) is 4.99 Å². The number of aliphatic imine (C=N–C) groups is 1. The molecule has 0 saturated carbocycles. The Labute approximate surface area is 153 Å². The molecule has 0 radical (unpaired) electrons. The monoisotopic (exact) mass is 352 g/mol. The van der Waals surface area contributed by atoms with Crippen molar-refractivity contribution in [3.05, 3.63) is 53.1 Å². The fraction of sp³-hybridized carbons (Fsp3) is 0.333. The lowest BCUT2D eigenvalue weighted by Crippen LogP contribution is -2.31. The van der Waals surface area contributed by atoms with Crippen molar-refractivity contribution < 1.29 is 4.79 Å². The van der Waals surface area contributed by atoms with E-state index in [-0.39, 0.29) is 11.9 Å². The van der Waals surface area contributed by atoms with E-state index in [1.807, 2.05) is 25.1 Å². The fourth-order valence-corrected chi connectivity index (χ4v) is 3.80. The van der Waals surface area contributed by atoms with Crippen LogP contribution in [0.5, 0.6) is 0 Å². The number of nitrogens with one attached hydrogen (secondary N) is 1. The van der Waals surface area contributed by atoms with Crippen LogP contribution in [0.25, 0.3) is 0 Å². The molecule has 1 atom stereocenters. The smallest absolute Gasteiger partial charge is 0.251 e. The zero-order chi connectivity index (χ0) is 18.0.